The molecule has 4 heteroatoms. The van der Waals surface area contributed by atoms with Gasteiger partial charge >= 0.3 is 0 Å². The largest absolute Gasteiger partial charge is 0.358 e. The predicted octanol–water partition coefficient (Wildman–Crippen LogP) is 2.34. The van der Waals surface area contributed by atoms with E-state index in [1.165, 1.54) is 11.8 Å². The van der Waals surface area contributed by atoms with E-state index < -0.39 is 0 Å². The van der Waals surface area contributed by atoms with E-state index in [4.69, 9.17) is 0 Å². The minimum absolute atomic E-state index is 0.0259. The molecule has 17 heavy (non-hydrogen) atoms. The summed E-state index contributed by atoms with van der Waals surface area (Å²) in [6.07, 6.45) is 0. The topological polar surface area (TPSA) is 41.5 Å². The van der Waals surface area contributed by atoms with Crippen LogP contribution in [0.5, 0.6) is 0 Å². The maximum atomic E-state index is 11.9. The van der Waals surface area contributed by atoms with Gasteiger partial charge in [-0.3, -0.25) is 9.79 Å². The summed E-state index contributed by atoms with van der Waals surface area (Å²) >= 11 is 1.48. The van der Waals surface area contributed by atoms with Crippen LogP contribution in [0.15, 0.2) is 35.3 Å². The number of Topliss-reactive ketones (excluding diaryl/α,β-unsaturated/α-hetero) is 1. The molecule has 3 nitrogen and oxygen atoms in total. The Morgan fingerprint density at radius 2 is 2.12 bits per heavy atom. The standard InChI is InChI=1S/C13H16N2OS/c1-13(2)9-14-12(15-13)17-8-11(16)10-6-4-3-5-7-10/h3-7H,8-9H2,1-2H3,(H,14,15). The molecule has 1 aromatic carbocycles. The third-order valence-electron chi connectivity index (χ3n) is 2.50. The molecule has 0 saturated heterocycles. The van der Waals surface area contributed by atoms with Crippen LogP contribution in [0.4, 0.5) is 0 Å². The van der Waals surface area contributed by atoms with E-state index in [9.17, 15) is 4.79 Å². The van der Waals surface area contributed by atoms with Crippen molar-refractivity contribution in [1.29, 1.82) is 0 Å². The number of nitrogens with zero attached hydrogens (tertiary/aromatic N) is 1. The summed E-state index contributed by atoms with van der Waals surface area (Å²) < 4.78 is 0. The van der Waals surface area contributed by atoms with E-state index in [1.54, 1.807) is 0 Å². The fourth-order valence-corrected chi connectivity index (χ4v) is 2.50. The molecule has 0 unspecified atom stereocenters. The quantitative estimate of drug-likeness (QED) is 0.835. The van der Waals surface area contributed by atoms with Crippen molar-refractivity contribution < 1.29 is 4.79 Å². The number of carbonyl (C=O) groups is 1. The minimum atomic E-state index is 0.0259. The third kappa shape index (κ3) is 3.33. The van der Waals surface area contributed by atoms with Crippen LogP contribution in [0, 0.1) is 0 Å². The molecule has 0 aromatic heterocycles. The number of thioether (sulfide) groups is 1. The van der Waals surface area contributed by atoms with Crippen molar-refractivity contribution in [2.24, 2.45) is 4.99 Å². The molecule has 2 rings (SSSR count). The molecule has 0 spiro atoms. The van der Waals surface area contributed by atoms with Crippen LogP contribution in [0.3, 0.4) is 0 Å². The number of hydrogen-bond donors (Lipinski definition) is 1. The molecule has 0 atom stereocenters. The van der Waals surface area contributed by atoms with Crippen LogP contribution in [0.25, 0.3) is 0 Å². The first-order valence-corrected chi connectivity index (χ1v) is 6.59. The zero-order chi connectivity index (χ0) is 12.3. The summed E-state index contributed by atoms with van der Waals surface area (Å²) in [6.45, 7) is 4.97. The number of ketones is 1. The summed E-state index contributed by atoms with van der Waals surface area (Å²) in [5.41, 5.74) is 0.788. The Hall–Kier alpha value is -1.29. The minimum Gasteiger partial charge on any atom is -0.358 e. The van der Waals surface area contributed by atoms with Crippen LogP contribution in [-0.2, 0) is 0 Å². The van der Waals surface area contributed by atoms with Crippen LogP contribution in [-0.4, -0.2) is 28.8 Å². The van der Waals surface area contributed by atoms with Crippen molar-refractivity contribution in [3.05, 3.63) is 35.9 Å². The molecule has 0 bridgehead atoms. The summed E-state index contributed by atoms with van der Waals surface area (Å²) in [7, 11) is 0. The molecular weight excluding hydrogens is 232 g/mol. The van der Waals surface area contributed by atoms with Gasteiger partial charge in [-0.05, 0) is 13.8 Å². The van der Waals surface area contributed by atoms with E-state index in [-0.39, 0.29) is 11.3 Å². The third-order valence-corrected chi connectivity index (χ3v) is 3.41. The molecule has 1 N–H and O–H groups in total. The van der Waals surface area contributed by atoms with Crippen molar-refractivity contribution in [3.63, 3.8) is 0 Å². The number of benzene rings is 1. The highest BCUT2D eigenvalue weighted by Gasteiger charge is 2.25. The Morgan fingerprint density at radius 1 is 1.41 bits per heavy atom. The average Bonchev–Trinajstić information content (AvgIpc) is 2.67. The van der Waals surface area contributed by atoms with Gasteiger partial charge in [0, 0.05) is 5.56 Å². The Kier molecular flexibility index (Phi) is 3.52. The highest BCUT2D eigenvalue weighted by molar-refractivity contribution is 8.14. The average molecular weight is 248 g/mol. The van der Waals surface area contributed by atoms with Crippen molar-refractivity contribution in [2.75, 3.05) is 12.3 Å². The molecule has 0 amide bonds. The van der Waals surface area contributed by atoms with E-state index in [0.29, 0.717) is 5.75 Å². The maximum Gasteiger partial charge on any atom is 0.173 e. The highest BCUT2D eigenvalue weighted by atomic mass is 32.2. The van der Waals surface area contributed by atoms with Crippen molar-refractivity contribution >= 4 is 22.7 Å². The fraction of sp³-hybridized carbons (Fsp3) is 0.385. The molecule has 0 radical (unpaired) electrons. The first-order valence-electron chi connectivity index (χ1n) is 5.60. The second-order valence-corrected chi connectivity index (χ2v) is 5.67. The SMILES string of the molecule is CC1(C)CN=C(SCC(=O)c2ccccc2)N1. The summed E-state index contributed by atoms with van der Waals surface area (Å²) in [5.74, 6) is 0.580. The number of aliphatic imine (C=N–C) groups is 1. The normalized spacial score (nSPS) is 17.4. The number of carbonyl (C=O) groups excluding carboxylic acids is 1. The van der Waals surface area contributed by atoms with Gasteiger partial charge in [-0.25, -0.2) is 0 Å². The van der Waals surface area contributed by atoms with Crippen LogP contribution in [0.1, 0.15) is 24.2 Å². The Labute approximate surface area is 106 Å². The lowest BCUT2D eigenvalue weighted by molar-refractivity contribution is 0.102. The van der Waals surface area contributed by atoms with Crippen molar-refractivity contribution in [1.82, 2.24) is 5.32 Å². The maximum absolute atomic E-state index is 11.9. The van der Waals surface area contributed by atoms with Crippen LogP contribution < -0.4 is 5.32 Å². The Bertz CT molecular complexity index is 440. The molecule has 1 aliphatic heterocycles. The second kappa shape index (κ2) is 4.92. The predicted molar refractivity (Wildman–Crippen MR) is 72.7 cm³/mol. The zero-order valence-corrected chi connectivity index (χ0v) is 10.9. The summed E-state index contributed by atoms with van der Waals surface area (Å²) in [4.78, 5) is 16.2. The van der Waals surface area contributed by atoms with Gasteiger partial charge in [0.15, 0.2) is 11.0 Å². The summed E-state index contributed by atoms with van der Waals surface area (Å²) in [6, 6.07) is 9.36. The van der Waals surface area contributed by atoms with Gasteiger partial charge in [-0.1, -0.05) is 42.1 Å². The first kappa shape index (κ1) is 12.2. The van der Waals surface area contributed by atoms with Gasteiger partial charge in [0.2, 0.25) is 0 Å². The zero-order valence-electron chi connectivity index (χ0n) is 10.1. The molecule has 0 saturated carbocycles. The lowest BCUT2D eigenvalue weighted by Crippen LogP contribution is -2.38. The van der Waals surface area contributed by atoms with E-state index in [0.717, 1.165) is 17.3 Å². The van der Waals surface area contributed by atoms with Gasteiger partial charge in [0.05, 0.1) is 17.8 Å². The molecule has 1 aliphatic rings. The molecule has 0 aliphatic carbocycles. The first-order chi connectivity index (χ1) is 8.07. The smallest absolute Gasteiger partial charge is 0.173 e. The lowest BCUT2D eigenvalue weighted by Gasteiger charge is -2.17. The van der Waals surface area contributed by atoms with E-state index in [1.807, 2.05) is 30.3 Å². The number of rotatable bonds is 3. The molecule has 1 aromatic rings. The van der Waals surface area contributed by atoms with Gasteiger partial charge in [-0.15, -0.1) is 0 Å². The Morgan fingerprint density at radius 3 is 2.71 bits per heavy atom. The molecule has 1 heterocycles. The Balaban J connectivity index is 1.86. The monoisotopic (exact) mass is 248 g/mol. The number of amidine groups is 1. The van der Waals surface area contributed by atoms with Crippen LogP contribution >= 0.6 is 11.8 Å². The summed E-state index contributed by atoms with van der Waals surface area (Å²) in [5, 5.41) is 4.17. The molecule has 0 fully saturated rings. The van der Waals surface area contributed by atoms with E-state index in [2.05, 4.69) is 24.2 Å². The van der Waals surface area contributed by atoms with E-state index >= 15 is 0 Å². The number of hydrogen-bond acceptors (Lipinski definition) is 4. The fourth-order valence-electron chi connectivity index (χ4n) is 1.56. The molecule has 90 valence electrons. The van der Waals surface area contributed by atoms with Crippen molar-refractivity contribution in [2.45, 2.75) is 19.4 Å². The van der Waals surface area contributed by atoms with Gasteiger partial charge in [0.1, 0.15) is 0 Å². The highest BCUT2D eigenvalue weighted by Crippen LogP contribution is 2.16. The molecular formula is C13H16N2OS. The van der Waals surface area contributed by atoms with Gasteiger partial charge < -0.3 is 5.32 Å². The van der Waals surface area contributed by atoms with Crippen LogP contribution in [0.2, 0.25) is 0 Å². The second-order valence-electron chi connectivity index (χ2n) is 4.71. The van der Waals surface area contributed by atoms with Gasteiger partial charge in [0.25, 0.3) is 0 Å². The lowest BCUT2D eigenvalue weighted by atomic mass is 10.1. The number of nitrogens with one attached hydrogen (secondary N) is 1. The van der Waals surface area contributed by atoms with Crippen molar-refractivity contribution in [3.8, 4) is 0 Å². The van der Waals surface area contributed by atoms with Gasteiger partial charge in [-0.2, -0.15) is 0 Å².